The van der Waals surface area contributed by atoms with Gasteiger partial charge in [0.15, 0.2) is 4.34 Å². The molecule has 186 valence electrons. The Balaban J connectivity index is 1.12. The molecule has 3 fully saturated rings. The molecule has 1 saturated carbocycles. The Morgan fingerprint density at radius 3 is 2.81 bits per heavy atom. The molecule has 1 aliphatic carbocycles. The largest absolute Gasteiger partial charge is 0.477 e. The molecule has 0 unspecified atom stereocenters. The number of carbonyl (C=O) groups excluding carboxylic acids is 3. The van der Waals surface area contributed by atoms with Crippen LogP contribution in [0.25, 0.3) is 10.2 Å². The van der Waals surface area contributed by atoms with Crippen LogP contribution in [0.1, 0.15) is 19.3 Å². The highest BCUT2D eigenvalue weighted by atomic mass is 32.2. The van der Waals surface area contributed by atoms with Gasteiger partial charge >= 0.3 is 5.97 Å². The molecule has 3 amide bonds. The summed E-state index contributed by atoms with van der Waals surface area (Å²) in [6.07, 6.45) is 4.28. The first-order valence-corrected chi connectivity index (χ1v) is 14.5. The van der Waals surface area contributed by atoms with Gasteiger partial charge in [-0.15, -0.1) is 23.1 Å². The van der Waals surface area contributed by atoms with Crippen molar-refractivity contribution in [2.45, 2.75) is 41.1 Å². The van der Waals surface area contributed by atoms with Gasteiger partial charge in [-0.05, 0) is 43.0 Å². The van der Waals surface area contributed by atoms with Gasteiger partial charge in [0.25, 0.3) is 5.91 Å². The van der Waals surface area contributed by atoms with Crippen molar-refractivity contribution in [2.24, 2.45) is 0 Å². The van der Waals surface area contributed by atoms with Crippen LogP contribution in [0.3, 0.4) is 0 Å². The van der Waals surface area contributed by atoms with Crippen LogP contribution in [-0.4, -0.2) is 79.1 Å². The number of allylic oxidation sites excluding steroid dienone is 1. The number of amides is 3. The van der Waals surface area contributed by atoms with Crippen molar-refractivity contribution in [3.8, 4) is 0 Å². The number of hydrogen-bond donors (Lipinski definition) is 2. The number of likely N-dealkylation sites (tertiary alicyclic amines) is 1. The van der Waals surface area contributed by atoms with Crippen molar-refractivity contribution < 1.29 is 24.3 Å². The molecule has 36 heavy (non-hydrogen) atoms. The number of aliphatic carboxylic acids is 1. The lowest BCUT2D eigenvalue weighted by molar-refractivity contribution is -0.150. The molecule has 0 bridgehead atoms. The monoisotopic (exact) mass is 542 g/mol. The van der Waals surface area contributed by atoms with Crippen LogP contribution in [0, 0.1) is 0 Å². The summed E-state index contributed by atoms with van der Waals surface area (Å²) in [6.45, 7) is 0.659. The molecule has 1 aromatic heterocycles. The van der Waals surface area contributed by atoms with E-state index in [0.717, 1.165) is 27.4 Å². The summed E-state index contributed by atoms with van der Waals surface area (Å²) in [6, 6.07) is 7.28. The third-order valence-corrected chi connectivity index (χ3v) is 10.1. The Hall–Kier alpha value is -2.83. The highest BCUT2D eigenvalue weighted by Gasteiger charge is 2.54. The van der Waals surface area contributed by atoms with Gasteiger partial charge in [-0.2, -0.15) is 0 Å². The van der Waals surface area contributed by atoms with E-state index in [1.54, 1.807) is 6.08 Å². The number of nitrogens with one attached hydrogen (secondary N) is 1. The smallest absolute Gasteiger partial charge is 0.352 e. The second-order valence-corrected chi connectivity index (χ2v) is 12.4. The topological polar surface area (TPSA) is 120 Å². The molecule has 6 rings (SSSR count). The Kier molecular flexibility index (Phi) is 6.05. The maximum absolute atomic E-state index is 12.9. The normalized spacial score (nSPS) is 24.9. The minimum Gasteiger partial charge on any atom is -0.477 e. The number of β-lactam (4-membered cyclic amide) rings is 1. The van der Waals surface area contributed by atoms with E-state index in [4.69, 9.17) is 0 Å². The van der Waals surface area contributed by atoms with E-state index in [1.807, 2.05) is 29.2 Å². The standard InChI is InChI=1S/C24H22N4O5S3/c29-17(11-35-24-25-15-3-1-2-4-16(15)36-24)26-18-21(31)28-19(23(32)33)13(10-34-22(18)28)9-12-7-8-27(20(12)30)14-5-6-14/h1-4,9,14,18,22H,5-8,10-11H2,(H,26,29)(H,32,33)/t18-,22-/m1/s1. The maximum atomic E-state index is 12.9. The molecular formula is C24H22N4O5S3. The van der Waals surface area contributed by atoms with E-state index < -0.39 is 23.3 Å². The van der Waals surface area contributed by atoms with Crippen LogP contribution >= 0.6 is 34.9 Å². The number of fused-ring (bicyclic) bond motifs is 2. The quantitative estimate of drug-likeness (QED) is 0.311. The Bertz CT molecular complexity index is 1330. The van der Waals surface area contributed by atoms with Gasteiger partial charge < -0.3 is 15.3 Å². The molecule has 12 heteroatoms. The van der Waals surface area contributed by atoms with Gasteiger partial charge in [0.1, 0.15) is 17.1 Å². The number of rotatable bonds is 7. The first-order valence-electron chi connectivity index (χ1n) is 11.6. The fourth-order valence-corrected chi connectivity index (χ4v) is 7.91. The van der Waals surface area contributed by atoms with Gasteiger partial charge in [0, 0.05) is 23.9 Å². The lowest BCUT2D eigenvalue weighted by atomic mass is 10.0. The number of thioether (sulfide) groups is 2. The summed E-state index contributed by atoms with van der Waals surface area (Å²) >= 11 is 4.22. The van der Waals surface area contributed by atoms with E-state index in [1.165, 1.54) is 39.8 Å². The molecular weight excluding hydrogens is 520 g/mol. The number of carboxylic acids is 1. The number of nitrogens with zero attached hydrogens (tertiary/aromatic N) is 3. The van der Waals surface area contributed by atoms with E-state index in [0.29, 0.717) is 35.9 Å². The Morgan fingerprint density at radius 2 is 2.06 bits per heavy atom. The number of carbonyl (C=O) groups is 4. The highest BCUT2D eigenvalue weighted by molar-refractivity contribution is 8.01. The average molecular weight is 543 g/mol. The summed E-state index contributed by atoms with van der Waals surface area (Å²) in [5.74, 6) is -1.53. The van der Waals surface area contributed by atoms with Gasteiger partial charge in [-0.3, -0.25) is 19.3 Å². The molecule has 4 aliphatic rings. The molecule has 3 aliphatic heterocycles. The molecule has 2 atom stereocenters. The van der Waals surface area contributed by atoms with Crippen LogP contribution in [0.2, 0.25) is 0 Å². The summed E-state index contributed by atoms with van der Waals surface area (Å²) < 4.78 is 1.82. The van der Waals surface area contributed by atoms with Crippen molar-refractivity contribution in [3.63, 3.8) is 0 Å². The van der Waals surface area contributed by atoms with Gasteiger partial charge in [-0.25, -0.2) is 9.78 Å². The minimum absolute atomic E-state index is 0.0347. The first kappa shape index (κ1) is 23.6. The predicted molar refractivity (Wildman–Crippen MR) is 137 cm³/mol. The van der Waals surface area contributed by atoms with Crippen molar-refractivity contribution in [3.05, 3.63) is 47.2 Å². The van der Waals surface area contributed by atoms with Crippen molar-refractivity contribution in [2.75, 3.05) is 18.1 Å². The molecule has 4 heterocycles. The van der Waals surface area contributed by atoms with Crippen LogP contribution in [0.15, 0.2) is 51.5 Å². The summed E-state index contributed by atoms with van der Waals surface area (Å²) in [4.78, 5) is 57.9. The predicted octanol–water partition coefficient (Wildman–Crippen LogP) is 2.45. The van der Waals surface area contributed by atoms with E-state index in [9.17, 15) is 24.3 Å². The molecule has 2 saturated heterocycles. The summed E-state index contributed by atoms with van der Waals surface area (Å²) in [5.41, 5.74) is 1.85. The molecule has 9 nitrogen and oxygen atoms in total. The van der Waals surface area contributed by atoms with Crippen LogP contribution in [0.5, 0.6) is 0 Å². The average Bonchev–Trinajstić information content (AvgIpc) is 3.52. The van der Waals surface area contributed by atoms with Crippen LogP contribution < -0.4 is 5.32 Å². The zero-order valence-corrected chi connectivity index (χ0v) is 21.5. The third-order valence-electron chi connectivity index (χ3n) is 6.61. The van der Waals surface area contributed by atoms with E-state index in [2.05, 4.69) is 10.3 Å². The van der Waals surface area contributed by atoms with Crippen LogP contribution in [-0.2, 0) is 19.2 Å². The number of carboxylic acid groups (broad SMARTS) is 1. The zero-order chi connectivity index (χ0) is 25.0. The fraction of sp³-hybridized carbons (Fsp3) is 0.375. The summed E-state index contributed by atoms with van der Waals surface area (Å²) in [5, 5.41) is 12.2. The second kappa shape index (κ2) is 9.24. The molecule has 1 aromatic carbocycles. The third kappa shape index (κ3) is 4.20. The number of thiazole rings is 1. The zero-order valence-electron chi connectivity index (χ0n) is 19.0. The van der Waals surface area contributed by atoms with Crippen molar-refractivity contribution in [1.82, 2.24) is 20.1 Å². The Morgan fingerprint density at radius 1 is 1.25 bits per heavy atom. The highest BCUT2D eigenvalue weighted by Crippen LogP contribution is 2.42. The summed E-state index contributed by atoms with van der Waals surface area (Å²) in [7, 11) is 0. The SMILES string of the molecule is O=C(CSc1nc2ccccc2s1)N[C@@H]1C(=O)N2C(C(=O)O)=C(C=C3CCN(C4CC4)C3=O)CS[C@H]12. The van der Waals surface area contributed by atoms with E-state index in [-0.39, 0.29) is 23.3 Å². The lowest BCUT2D eigenvalue weighted by Crippen LogP contribution is -2.70. The van der Waals surface area contributed by atoms with Gasteiger partial charge in [0.2, 0.25) is 11.8 Å². The molecule has 2 aromatic rings. The number of benzene rings is 1. The lowest BCUT2D eigenvalue weighted by Gasteiger charge is -2.49. The van der Waals surface area contributed by atoms with Crippen molar-refractivity contribution >= 4 is 68.8 Å². The molecule has 2 N–H and O–H groups in total. The van der Waals surface area contributed by atoms with Gasteiger partial charge in [0.05, 0.1) is 16.0 Å². The first-order chi connectivity index (χ1) is 17.4. The number of para-hydroxylation sites is 1. The molecule has 0 radical (unpaired) electrons. The van der Waals surface area contributed by atoms with Crippen molar-refractivity contribution in [1.29, 1.82) is 0 Å². The van der Waals surface area contributed by atoms with Gasteiger partial charge in [-0.1, -0.05) is 23.9 Å². The maximum Gasteiger partial charge on any atom is 0.352 e. The number of aromatic nitrogens is 1. The van der Waals surface area contributed by atoms with Crippen LogP contribution in [0.4, 0.5) is 0 Å². The minimum atomic E-state index is -1.21. The number of hydrogen-bond acceptors (Lipinski definition) is 8. The van der Waals surface area contributed by atoms with E-state index >= 15 is 0 Å². The fourth-order valence-electron chi connectivity index (χ4n) is 4.72. The molecule has 0 spiro atoms. The second-order valence-electron chi connectivity index (χ2n) is 9.02. The Labute approximate surface area is 219 Å².